The van der Waals surface area contributed by atoms with Crippen LogP contribution in [0.5, 0.6) is 0 Å². The van der Waals surface area contributed by atoms with E-state index < -0.39 is 5.97 Å². The molecule has 7 nitrogen and oxygen atoms in total. The highest BCUT2D eigenvalue weighted by atomic mass is 16.5. The van der Waals surface area contributed by atoms with Gasteiger partial charge >= 0.3 is 5.97 Å². The highest BCUT2D eigenvalue weighted by Gasteiger charge is 2.20. The molecule has 0 unspecified atom stereocenters. The number of hydrogen-bond donors (Lipinski definition) is 3. The van der Waals surface area contributed by atoms with Gasteiger partial charge < -0.3 is 15.2 Å². The summed E-state index contributed by atoms with van der Waals surface area (Å²) in [6.45, 7) is 3.56. The first-order chi connectivity index (χ1) is 8.60. The summed E-state index contributed by atoms with van der Waals surface area (Å²) in [4.78, 5) is 23.2. The average molecular weight is 255 g/mol. The molecular formula is C11H17N3O4. The van der Waals surface area contributed by atoms with E-state index in [4.69, 9.17) is 9.84 Å². The Bertz CT molecular complexity index is 428. The van der Waals surface area contributed by atoms with Gasteiger partial charge in [0.15, 0.2) is 5.82 Å². The number of hydrogen-bond acceptors (Lipinski definition) is 5. The van der Waals surface area contributed by atoms with Gasteiger partial charge in [0.05, 0.1) is 6.61 Å². The summed E-state index contributed by atoms with van der Waals surface area (Å²) in [5.41, 5.74) is 0.764. The predicted molar refractivity (Wildman–Crippen MR) is 64.2 cm³/mol. The van der Waals surface area contributed by atoms with E-state index in [1.165, 1.54) is 0 Å². The fraction of sp³-hybridized carbons (Fsp3) is 0.545. The molecule has 100 valence electrons. The maximum Gasteiger partial charge on any atom is 0.343 e. The number of nitrogens with one attached hydrogen (secondary N) is 2. The highest BCUT2D eigenvalue weighted by molar-refractivity contribution is 6.00. The molecule has 7 heteroatoms. The zero-order valence-corrected chi connectivity index (χ0v) is 10.4. The Balaban J connectivity index is 2.77. The van der Waals surface area contributed by atoms with Gasteiger partial charge in [-0.2, -0.15) is 5.10 Å². The number of carbonyl (C=O) groups is 2. The number of carbonyl (C=O) groups excluding carboxylic acids is 2. The zero-order chi connectivity index (χ0) is 13.5. The van der Waals surface area contributed by atoms with Gasteiger partial charge in [-0.3, -0.25) is 9.89 Å². The smallest absolute Gasteiger partial charge is 0.343 e. The Labute approximate surface area is 105 Å². The van der Waals surface area contributed by atoms with E-state index in [0.29, 0.717) is 12.1 Å². The summed E-state index contributed by atoms with van der Waals surface area (Å²) in [6.07, 6.45) is 0.536. The number of aromatic amines is 1. The van der Waals surface area contributed by atoms with E-state index in [9.17, 15) is 9.59 Å². The molecule has 0 aromatic carbocycles. The maximum absolute atomic E-state index is 11.7. The van der Waals surface area contributed by atoms with Crippen LogP contribution < -0.4 is 5.32 Å². The predicted octanol–water partition coefficient (Wildman–Crippen LogP) is 0.606. The third-order valence-corrected chi connectivity index (χ3v) is 2.25. The number of aryl methyl sites for hydroxylation is 1. The van der Waals surface area contributed by atoms with Crippen LogP contribution in [0.2, 0.25) is 0 Å². The second kappa shape index (κ2) is 6.75. The summed E-state index contributed by atoms with van der Waals surface area (Å²) in [5, 5.41) is 17.6. The minimum atomic E-state index is -0.527. The third-order valence-electron chi connectivity index (χ3n) is 2.25. The second-order valence-corrected chi connectivity index (χ2v) is 3.67. The van der Waals surface area contributed by atoms with Crippen LogP contribution in [-0.2, 0) is 9.53 Å². The van der Waals surface area contributed by atoms with Crippen LogP contribution in [0.3, 0.4) is 0 Å². The Morgan fingerprint density at radius 2 is 2.22 bits per heavy atom. The number of H-pyrrole nitrogens is 1. The van der Waals surface area contributed by atoms with Crippen LogP contribution >= 0.6 is 0 Å². The molecule has 18 heavy (non-hydrogen) atoms. The van der Waals surface area contributed by atoms with Gasteiger partial charge in [0, 0.05) is 18.7 Å². The first-order valence-corrected chi connectivity index (χ1v) is 5.73. The lowest BCUT2D eigenvalue weighted by Crippen LogP contribution is -2.15. The molecule has 0 saturated heterocycles. The standard InChI is InChI=1S/C11H17N3O4/c1-3-18-11(17)9-7(2)13-14-10(9)12-8(16)5-4-6-15/h15H,3-6H2,1-2H3,(H2,12,13,14,16). The summed E-state index contributed by atoms with van der Waals surface area (Å²) in [7, 11) is 0. The number of rotatable bonds is 6. The van der Waals surface area contributed by atoms with Gasteiger partial charge in [-0.1, -0.05) is 0 Å². The molecule has 0 bridgehead atoms. The first kappa shape index (κ1) is 14.2. The molecule has 1 amide bonds. The minimum Gasteiger partial charge on any atom is -0.462 e. The van der Waals surface area contributed by atoms with Gasteiger partial charge in [-0.05, 0) is 20.3 Å². The van der Waals surface area contributed by atoms with Crippen LogP contribution in [0.25, 0.3) is 0 Å². The van der Waals surface area contributed by atoms with Crippen LogP contribution in [0.4, 0.5) is 5.82 Å². The number of ether oxygens (including phenoxy) is 1. The van der Waals surface area contributed by atoms with E-state index in [1.807, 2.05) is 0 Å². The lowest BCUT2D eigenvalue weighted by molar-refractivity contribution is -0.116. The summed E-state index contributed by atoms with van der Waals surface area (Å²) in [6, 6.07) is 0. The van der Waals surface area contributed by atoms with E-state index in [-0.39, 0.29) is 36.9 Å². The Hall–Kier alpha value is -1.89. The van der Waals surface area contributed by atoms with E-state index in [0.717, 1.165) is 0 Å². The molecule has 0 aliphatic heterocycles. The second-order valence-electron chi connectivity index (χ2n) is 3.67. The van der Waals surface area contributed by atoms with E-state index in [1.54, 1.807) is 13.8 Å². The average Bonchev–Trinajstić information content (AvgIpc) is 2.68. The minimum absolute atomic E-state index is 0.0578. The molecular weight excluding hydrogens is 238 g/mol. The molecule has 0 fully saturated rings. The molecule has 0 aliphatic carbocycles. The van der Waals surface area contributed by atoms with Crippen molar-refractivity contribution in [1.29, 1.82) is 0 Å². The summed E-state index contributed by atoms with van der Waals surface area (Å²) >= 11 is 0. The lowest BCUT2D eigenvalue weighted by Gasteiger charge is -2.05. The number of aliphatic hydroxyl groups excluding tert-OH is 1. The number of aromatic nitrogens is 2. The topological polar surface area (TPSA) is 104 Å². The van der Waals surface area contributed by atoms with E-state index >= 15 is 0 Å². The summed E-state index contributed by atoms with van der Waals surface area (Å²) < 4.78 is 4.88. The number of nitrogens with zero attached hydrogens (tertiary/aromatic N) is 1. The normalized spacial score (nSPS) is 10.2. The van der Waals surface area contributed by atoms with Crippen LogP contribution in [-0.4, -0.2) is 40.4 Å². The zero-order valence-electron chi connectivity index (χ0n) is 10.4. The van der Waals surface area contributed by atoms with Crippen LogP contribution in [0, 0.1) is 6.92 Å². The third kappa shape index (κ3) is 3.56. The van der Waals surface area contributed by atoms with Gasteiger partial charge in [0.2, 0.25) is 5.91 Å². The quantitative estimate of drug-likeness (QED) is 0.646. The molecule has 1 aromatic rings. The van der Waals surface area contributed by atoms with Gasteiger partial charge in [0.25, 0.3) is 0 Å². The van der Waals surface area contributed by atoms with Crippen molar-refractivity contribution in [2.75, 3.05) is 18.5 Å². The van der Waals surface area contributed by atoms with Gasteiger partial charge in [-0.15, -0.1) is 0 Å². The number of anilines is 1. The van der Waals surface area contributed by atoms with Crippen molar-refractivity contribution in [3.8, 4) is 0 Å². The maximum atomic E-state index is 11.7. The van der Waals surface area contributed by atoms with Gasteiger partial charge in [-0.25, -0.2) is 4.79 Å². The van der Waals surface area contributed by atoms with Crippen molar-refractivity contribution in [2.45, 2.75) is 26.7 Å². The fourth-order valence-corrected chi connectivity index (χ4v) is 1.41. The molecule has 0 atom stereocenters. The van der Waals surface area contributed by atoms with Crippen molar-refractivity contribution in [2.24, 2.45) is 0 Å². The molecule has 0 spiro atoms. The number of esters is 1. The summed E-state index contributed by atoms with van der Waals surface area (Å²) in [5.74, 6) is -0.670. The molecule has 0 radical (unpaired) electrons. The monoisotopic (exact) mass is 255 g/mol. The Morgan fingerprint density at radius 1 is 1.50 bits per heavy atom. The van der Waals surface area contributed by atoms with Crippen LogP contribution in [0.15, 0.2) is 0 Å². The Morgan fingerprint density at radius 3 is 2.83 bits per heavy atom. The van der Waals surface area contributed by atoms with Gasteiger partial charge in [0.1, 0.15) is 5.56 Å². The Kier molecular flexibility index (Phi) is 5.31. The fourth-order valence-electron chi connectivity index (χ4n) is 1.41. The molecule has 1 rings (SSSR count). The first-order valence-electron chi connectivity index (χ1n) is 5.73. The molecule has 0 saturated carbocycles. The van der Waals surface area contributed by atoms with Crippen molar-refractivity contribution in [3.05, 3.63) is 11.3 Å². The van der Waals surface area contributed by atoms with Crippen molar-refractivity contribution < 1.29 is 19.4 Å². The molecule has 1 heterocycles. The largest absolute Gasteiger partial charge is 0.462 e. The van der Waals surface area contributed by atoms with Crippen molar-refractivity contribution in [3.63, 3.8) is 0 Å². The SMILES string of the molecule is CCOC(=O)c1c(NC(=O)CCCO)n[nH]c1C. The number of aliphatic hydroxyl groups is 1. The molecule has 0 aliphatic rings. The van der Waals surface area contributed by atoms with Crippen molar-refractivity contribution in [1.82, 2.24) is 10.2 Å². The van der Waals surface area contributed by atoms with Crippen molar-refractivity contribution >= 4 is 17.7 Å². The van der Waals surface area contributed by atoms with E-state index in [2.05, 4.69) is 15.5 Å². The lowest BCUT2D eigenvalue weighted by atomic mass is 10.2. The molecule has 3 N–H and O–H groups in total. The molecule has 1 aromatic heterocycles. The highest BCUT2D eigenvalue weighted by Crippen LogP contribution is 2.17. The van der Waals surface area contributed by atoms with Crippen LogP contribution in [0.1, 0.15) is 35.8 Å². The number of amides is 1.